The smallest absolute Gasteiger partial charge is 0.252 e. The van der Waals surface area contributed by atoms with Gasteiger partial charge in [0.15, 0.2) is 0 Å². The van der Waals surface area contributed by atoms with Gasteiger partial charge in [-0.1, -0.05) is 77.0 Å². The quantitative estimate of drug-likeness (QED) is 0.316. The molecular formula is C25H20Cl2N4O3S. The maximum Gasteiger partial charge on any atom is 0.252 e. The van der Waals surface area contributed by atoms with Crippen LogP contribution in [0, 0.1) is 0 Å². The molecule has 0 radical (unpaired) electrons. The summed E-state index contributed by atoms with van der Waals surface area (Å²) in [5.74, 6) is -0.210. The molecule has 0 unspecified atom stereocenters. The Bertz CT molecular complexity index is 1330. The zero-order valence-corrected chi connectivity index (χ0v) is 20.8. The topological polar surface area (TPSA) is 93.2 Å². The minimum absolute atomic E-state index is 0.254. The number of rotatable bonds is 8. The van der Waals surface area contributed by atoms with Crippen molar-refractivity contribution in [3.8, 4) is 16.3 Å². The highest BCUT2D eigenvalue weighted by Crippen LogP contribution is 2.29. The molecule has 0 aliphatic heterocycles. The zero-order valence-electron chi connectivity index (χ0n) is 18.5. The number of hydrogen-bond donors (Lipinski definition) is 2. The van der Waals surface area contributed by atoms with Gasteiger partial charge in [0.05, 0.1) is 7.11 Å². The van der Waals surface area contributed by atoms with Crippen LogP contribution < -0.4 is 15.4 Å². The Morgan fingerprint density at radius 1 is 0.971 bits per heavy atom. The molecule has 1 atom stereocenters. The van der Waals surface area contributed by atoms with Crippen LogP contribution in [-0.4, -0.2) is 35.2 Å². The Morgan fingerprint density at radius 3 is 2.43 bits per heavy atom. The molecule has 0 spiro atoms. The number of anilines is 1. The van der Waals surface area contributed by atoms with E-state index in [0.29, 0.717) is 25.9 Å². The predicted octanol–water partition coefficient (Wildman–Crippen LogP) is 5.50. The lowest BCUT2D eigenvalue weighted by molar-refractivity contribution is -0.118. The van der Waals surface area contributed by atoms with E-state index >= 15 is 0 Å². The summed E-state index contributed by atoms with van der Waals surface area (Å²) in [6.07, 6.45) is 0.272. The van der Waals surface area contributed by atoms with Crippen molar-refractivity contribution in [2.24, 2.45) is 0 Å². The number of carbonyl (C=O) groups excluding carboxylic acids is 2. The Hall–Kier alpha value is -3.46. The van der Waals surface area contributed by atoms with Crippen molar-refractivity contribution in [3.05, 3.63) is 94.0 Å². The maximum absolute atomic E-state index is 13.2. The number of nitrogens with zero attached hydrogens (tertiary/aromatic N) is 2. The first-order valence-corrected chi connectivity index (χ1v) is 12.1. The van der Waals surface area contributed by atoms with E-state index in [1.165, 1.54) is 29.5 Å². The van der Waals surface area contributed by atoms with E-state index in [4.69, 9.17) is 27.9 Å². The summed E-state index contributed by atoms with van der Waals surface area (Å²) in [7, 11) is 1.59. The van der Waals surface area contributed by atoms with E-state index in [2.05, 4.69) is 20.8 Å². The maximum atomic E-state index is 13.2. The summed E-state index contributed by atoms with van der Waals surface area (Å²) in [5.41, 5.74) is 1.95. The number of ether oxygens (including phenoxy) is 1. The summed E-state index contributed by atoms with van der Waals surface area (Å²) in [6.45, 7) is 0. The lowest BCUT2D eigenvalue weighted by Crippen LogP contribution is -2.45. The van der Waals surface area contributed by atoms with Gasteiger partial charge in [-0.25, -0.2) is 0 Å². The third-order valence-corrected chi connectivity index (χ3v) is 6.33. The molecule has 1 heterocycles. The van der Waals surface area contributed by atoms with Crippen LogP contribution in [0.3, 0.4) is 0 Å². The van der Waals surface area contributed by atoms with Crippen molar-refractivity contribution in [3.63, 3.8) is 0 Å². The molecule has 1 aromatic heterocycles. The number of hydrogen-bond acceptors (Lipinski definition) is 6. The summed E-state index contributed by atoms with van der Waals surface area (Å²) in [5, 5.41) is 15.4. The van der Waals surface area contributed by atoms with E-state index in [0.717, 1.165) is 11.1 Å². The Kier molecular flexibility index (Phi) is 7.97. The Balaban J connectivity index is 1.53. The Morgan fingerprint density at radius 2 is 1.71 bits per heavy atom. The second-order valence-electron chi connectivity index (χ2n) is 7.51. The van der Waals surface area contributed by atoms with Crippen LogP contribution in [0.2, 0.25) is 10.0 Å². The van der Waals surface area contributed by atoms with Crippen LogP contribution in [0.5, 0.6) is 5.75 Å². The van der Waals surface area contributed by atoms with Crippen LogP contribution >= 0.6 is 34.5 Å². The summed E-state index contributed by atoms with van der Waals surface area (Å²) >= 11 is 13.3. The van der Waals surface area contributed by atoms with Crippen molar-refractivity contribution >= 4 is 51.5 Å². The van der Waals surface area contributed by atoms with Gasteiger partial charge in [0.25, 0.3) is 5.91 Å². The second-order valence-corrected chi connectivity index (χ2v) is 9.36. The molecule has 2 amide bonds. The predicted molar refractivity (Wildman–Crippen MR) is 138 cm³/mol. The molecular weight excluding hydrogens is 507 g/mol. The molecule has 3 aromatic carbocycles. The fraction of sp³-hybridized carbons (Fsp3) is 0.120. The van der Waals surface area contributed by atoms with Gasteiger partial charge in [0, 0.05) is 27.6 Å². The first kappa shape index (κ1) is 24.7. The second kappa shape index (κ2) is 11.3. The van der Waals surface area contributed by atoms with Gasteiger partial charge in [0.2, 0.25) is 11.0 Å². The molecule has 0 fully saturated rings. The number of amides is 2. The molecule has 7 nitrogen and oxygen atoms in total. The van der Waals surface area contributed by atoms with Crippen LogP contribution in [-0.2, 0) is 11.2 Å². The zero-order chi connectivity index (χ0) is 24.8. The monoisotopic (exact) mass is 526 g/mol. The van der Waals surface area contributed by atoms with Gasteiger partial charge < -0.3 is 10.1 Å². The molecule has 0 bridgehead atoms. The number of benzene rings is 3. The lowest BCUT2D eigenvalue weighted by atomic mass is 10.0. The van der Waals surface area contributed by atoms with E-state index in [9.17, 15) is 9.59 Å². The average Bonchev–Trinajstić information content (AvgIpc) is 3.32. The van der Waals surface area contributed by atoms with Gasteiger partial charge in [-0.3, -0.25) is 14.9 Å². The van der Waals surface area contributed by atoms with Gasteiger partial charge in [-0.2, -0.15) is 0 Å². The standard InChI is InChI=1S/C25H20Cl2N4O3S/c1-34-20-9-5-8-16(13-20)24-30-31-25(35-24)29-23(33)21(10-15-6-3-2-4-7-15)28-22(32)17-11-18(26)14-19(27)12-17/h2-9,11-14,21H,10H2,1H3,(H,28,32)(H,29,31,33)/t21-/m0/s1. The summed E-state index contributed by atoms with van der Waals surface area (Å²) in [4.78, 5) is 26.1. The number of carbonyl (C=O) groups is 2. The number of aromatic nitrogens is 2. The van der Waals surface area contributed by atoms with E-state index in [-0.39, 0.29) is 12.0 Å². The summed E-state index contributed by atoms with van der Waals surface area (Å²) in [6, 6.07) is 20.4. The summed E-state index contributed by atoms with van der Waals surface area (Å²) < 4.78 is 5.25. The van der Waals surface area contributed by atoms with Crippen molar-refractivity contribution in [1.82, 2.24) is 15.5 Å². The third-order valence-electron chi connectivity index (χ3n) is 5.00. The fourth-order valence-electron chi connectivity index (χ4n) is 3.32. The number of nitrogens with one attached hydrogen (secondary N) is 2. The molecule has 0 aliphatic carbocycles. The van der Waals surface area contributed by atoms with E-state index < -0.39 is 17.9 Å². The molecule has 0 saturated carbocycles. The van der Waals surface area contributed by atoms with Gasteiger partial charge in [-0.05, 0) is 35.9 Å². The first-order chi connectivity index (χ1) is 16.9. The first-order valence-electron chi connectivity index (χ1n) is 10.5. The van der Waals surface area contributed by atoms with Crippen molar-refractivity contribution in [2.75, 3.05) is 12.4 Å². The van der Waals surface area contributed by atoms with E-state index in [1.807, 2.05) is 54.6 Å². The highest BCUT2D eigenvalue weighted by atomic mass is 35.5. The Labute approximate surface area is 216 Å². The van der Waals surface area contributed by atoms with Crippen LogP contribution in [0.25, 0.3) is 10.6 Å². The minimum atomic E-state index is -0.883. The third kappa shape index (κ3) is 6.57. The minimum Gasteiger partial charge on any atom is -0.497 e. The molecule has 2 N–H and O–H groups in total. The van der Waals surface area contributed by atoms with Crippen molar-refractivity contribution in [1.29, 1.82) is 0 Å². The van der Waals surface area contributed by atoms with Crippen LogP contribution in [0.4, 0.5) is 5.13 Å². The number of methoxy groups -OCH3 is 1. The highest BCUT2D eigenvalue weighted by Gasteiger charge is 2.24. The van der Waals surface area contributed by atoms with E-state index in [1.54, 1.807) is 7.11 Å². The highest BCUT2D eigenvalue weighted by molar-refractivity contribution is 7.18. The molecule has 0 saturated heterocycles. The normalized spacial score (nSPS) is 11.5. The van der Waals surface area contributed by atoms with Crippen LogP contribution in [0.1, 0.15) is 15.9 Å². The molecule has 178 valence electrons. The molecule has 0 aliphatic rings. The van der Waals surface area contributed by atoms with Crippen molar-refractivity contribution in [2.45, 2.75) is 12.5 Å². The average molecular weight is 527 g/mol. The SMILES string of the molecule is COc1cccc(-c2nnc(NC(=O)[C@H](Cc3ccccc3)NC(=O)c3cc(Cl)cc(Cl)c3)s2)c1. The lowest BCUT2D eigenvalue weighted by Gasteiger charge is -2.18. The fourth-order valence-corrected chi connectivity index (χ4v) is 4.59. The molecule has 4 rings (SSSR count). The molecule has 35 heavy (non-hydrogen) atoms. The van der Waals surface area contributed by atoms with Gasteiger partial charge in [0.1, 0.15) is 16.8 Å². The van der Waals surface area contributed by atoms with Gasteiger partial charge >= 0.3 is 0 Å². The van der Waals surface area contributed by atoms with Crippen molar-refractivity contribution < 1.29 is 14.3 Å². The molecule has 10 heteroatoms. The van der Waals surface area contributed by atoms with Gasteiger partial charge in [-0.15, -0.1) is 10.2 Å². The number of halogens is 2. The molecule has 4 aromatic rings. The van der Waals surface area contributed by atoms with Crippen LogP contribution in [0.15, 0.2) is 72.8 Å². The largest absolute Gasteiger partial charge is 0.497 e.